The summed E-state index contributed by atoms with van der Waals surface area (Å²) in [6.07, 6.45) is 0. The van der Waals surface area contributed by atoms with Gasteiger partial charge in [-0.3, -0.25) is 0 Å². The van der Waals surface area contributed by atoms with Gasteiger partial charge in [0.05, 0.1) is 4.90 Å². The number of nitrogens with zero attached hydrogens (tertiary/aromatic N) is 1. The predicted octanol–water partition coefficient (Wildman–Crippen LogP) is 4.63. The number of anilines is 1. The lowest BCUT2D eigenvalue weighted by Crippen LogP contribution is -2.05. The fraction of sp³-hybridized carbons (Fsp3) is 0.0625. The highest BCUT2D eigenvalue weighted by atomic mass is 79.9. The van der Waals surface area contributed by atoms with E-state index < -0.39 is 9.84 Å². The summed E-state index contributed by atoms with van der Waals surface area (Å²) in [6.45, 7) is 0. The van der Waals surface area contributed by atoms with Crippen LogP contribution < -0.4 is 5.32 Å². The molecule has 0 aliphatic heterocycles. The minimum absolute atomic E-state index is 0.0860. The van der Waals surface area contributed by atoms with Crippen LogP contribution in [0.15, 0.2) is 67.3 Å². The standard InChI is InChI=1S/C16H12BrClN2O3S/c1-19-15-16(24(21,22)13-8-6-12(18)7-9-13)20-14(23-15)10-2-4-11(17)5-3-10/h2-9,19H,1H3. The van der Waals surface area contributed by atoms with Gasteiger partial charge in [0.25, 0.3) is 0 Å². The highest BCUT2D eigenvalue weighted by Gasteiger charge is 2.28. The molecular formula is C16H12BrClN2O3S. The Bertz CT molecular complexity index is 968. The van der Waals surface area contributed by atoms with Crippen molar-refractivity contribution < 1.29 is 12.8 Å². The van der Waals surface area contributed by atoms with Crippen molar-refractivity contribution in [2.45, 2.75) is 9.92 Å². The highest BCUT2D eigenvalue weighted by Crippen LogP contribution is 2.32. The zero-order chi connectivity index (χ0) is 17.3. The van der Waals surface area contributed by atoms with E-state index in [-0.39, 0.29) is 21.7 Å². The van der Waals surface area contributed by atoms with Crippen molar-refractivity contribution in [2.24, 2.45) is 0 Å². The van der Waals surface area contributed by atoms with E-state index in [4.69, 9.17) is 16.0 Å². The van der Waals surface area contributed by atoms with Gasteiger partial charge in [-0.15, -0.1) is 0 Å². The van der Waals surface area contributed by atoms with E-state index in [9.17, 15) is 8.42 Å². The lowest BCUT2D eigenvalue weighted by molar-refractivity contribution is 0.580. The Morgan fingerprint density at radius 1 is 1.08 bits per heavy atom. The second-order valence-corrected chi connectivity index (χ2v) is 8.08. The van der Waals surface area contributed by atoms with Gasteiger partial charge in [0.2, 0.25) is 26.6 Å². The largest absolute Gasteiger partial charge is 0.419 e. The number of rotatable bonds is 4. The summed E-state index contributed by atoms with van der Waals surface area (Å²) < 4.78 is 32.1. The number of hydrogen-bond donors (Lipinski definition) is 1. The zero-order valence-corrected chi connectivity index (χ0v) is 15.6. The maximum atomic E-state index is 12.8. The Hall–Kier alpha value is -1.83. The fourth-order valence-corrected chi connectivity index (χ4v) is 3.79. The molecule has 24 heavy (non-hydrogen) atoms. The van der Waals surface area contributed by atoms with Crippen molar-refractivity contribution in [3.05, 3.63) is 58.0 Å². The molecule has 0 atom stereocenters. The van der Waals surface area contributed by atoms with Gasteiger partial charge in [-0.2, -0.15) is 4.98 Å². The molecule has 0 aliphatic carbocycles. The Kier molecular flexibility index (Phi) is 4.67. The van der Waals surface area contributed by atoms with Crippen LogP contribution in [0.3, 0.4) is 0 Å². The number of nitrogens with one attached hydrogen (secondary N) is 1. The Balaban J connectivity index is 2.10. The number of hydrogen-bond acceptors (Lipinski definition) is 5. The van der Waals surface area contributed by atoms with Crippen LogP contribution in [0.5, 0.6) is 0 Å². The SMILES string of the molecule is CNc1oc(-c2ccc(Br)cc2)nc1S(=O)(=O)c1ccc(Cl)cc1. The first-order valence-electron chi connectivity index (χ1n) is 6.87. The van der Waals surface area contributed by atoms with Gasteiger partial charge in [0.15, 0.2) is 0 Å². The summed E-state index contributed by atoms with van der Waals surface area (Å²) >= 11 is 9.17. The zero-order valence-electron chi connectivity index (χ0n) is 12.5. The third-order valence-corrected chi connectivity index (χ3v) is 5.75. The van der Waals surface area contributed by atoms with Gasteiger partial charge < -0.3 is 9.73 Å². The van der Waals surface area contributed by atoms with Crippen molar-refractivity contribution >= 4 is 43.3 Å². The maximum Gasteiger partial charge on any atom is 0.233 e. The van der Waals surface area contributed by atoms with Crippen molar-refractivity contribution in [3.8, 4) is 11.5 Å². The van der Waals surface area contributed by atoms with Gasteiger partial charge in [0, 0.05) is 22.1 Å². The Morgan fingerprint density at radius 3 is 2.29 bits per heavy atom. The lowest BCUT2D eigenvalue weighted by atomic mass is 10.2. The smallest absolute Gasteiger partial charge is 0.233 e. The number of benzene rings is 2. The van der Waals surface area contributed by atoms with E-state index >= 15 is 0 Å². The second kappa shape index (κ2) is 6.58. The third-order valence-electron chi connectivity index (χ3n) is 3.29. The molecule has 0 spiro atoms. The molecule has 1 heterocycles. The van der Waals surface area contributed by atoms with Crippen LogP contribution in [0.4, 0.5) is 5.88 Å². The summed E-state index contributed by atoms with van der Waals surface area (Å²) in [5.41, 5.74) is 0.673. The van der Waals surface area contributed by atoms with Crippen molar-refractivity contribution in [1.29, 1.82) is 0 Å². The average molecular weight is 428 g/mol. The number of aromatic nitrogens is 1. The number of oxazole rings is 1. The van der Waals surface area contributed by atoms with Crippen molar-refractivity contribution in [1.82, 2.24) is 4.98 Å². The molecule has 5 nitrogen and oxygen atoms in total. The minimum Gasteiger partial charge on any atom is -0.419 e. The van der Waals surface area contributed by atoms with Crippen LogP contribution in [0.25, 0.3) is 11.5 Å². The van der Waals surface area contributed by atoms with E-state index in [1.165, 1.54) is 24.3 Å². The van der Waals surface area contributed by atoms with Crippen molar-refractivity contribution in [3.63, 3.8) is 0 Å². The first-order valence-corrected chi connectivity index (χ1v) is 9.52. The van der Waals surface area contributed by atoms with Gasteiger partial charge in [-0.05, 0) is 48.5 Å². The minimum atomic E-state index is -3.83. The van der Waals surface area contributed by atoms with Crippen LogP contribution in [-0.2, 0) is 9.84 Å². The molecule has 1 N–H and O–H groups in total. The topological polar surface area (TPSA) is 72.2 Å². The van der Waals surface area contributed by atoms with Crippen LogP contribution in [0.2, 0.25) is 5.02 Å². The monoisotopic (exact) mass is 426 g/mol. The third kappa shape index (κ3) is 3.19. The van der Waals surface area contributed by atoms with E-state index in [0.717, 1.165) is 4.47 Å². The van der Waals surface area contributed by atoms with Crippen LogP contribution >= 0.6 is 27.5 Å². The summed E-state index contributed by atoms with van der Waals surface area (Å²) in [6, 6.07) is 13.1. The molecule has 0 radical (unpaired) electrons. The Labute approximate surface area is 152 Å². The molecular weight excluding hydrogens is 416 g/mol. The Morgan fingerprint density at radius 2 is 1.71 bits per heavy atom. The molecule has 2 aromatic carbocycles. The van der Waals surface area contributed by atoms with Gasteiger partial charge in [-0.1, -0.05) is 27.5 Å². The van der Waals surface area contributed by atoms with Crippen LogP contribution in [0, 0.1) is 0 Å². The number of halogens is 2. The highest BCUT2D eigenvalue weighted by molar-refractivity contribution is 9.10. The van der Waals surface area contributed by atoms with Gasteiger partial charge >= 0.3 is 0 Å². The van der Waals surface area contributed by atoms with E-state index in [0.29, 0.717) is 10.6 Å². The molecule has 0 bridgehead atoms. The molecule has 124 valence electrons. The lowest BCUT2D eigenvalue weighted by Gasteiger charge is -2.02. The van der Waals surface area contributed by atoms with E-state index in [1.54, 1.807) is 19.2 Å². The summed E-state index contributed by atoms with van der Waals surface area (Å²) in [7, 11) is -2.25. The molecule has 0 aliphatic rings. The molecule has 0 unspecified atom stereocenters. The summed E-state index contributed by atoms with van der Waals surface area (Å²) in [4.78, 5) is 4.28. The molecule has 0 fully saturated rings. The van der Waals surface area contributed by atoms with Crippen LogP contribution in [0.1, 0.15) is 0 Å². The average Bonchev–Trinajstić information content (AvgIpc) is 3.01. The molecule has 0 saturated heterocycles. The van der Waals surface area contributed by atoms with Gasteiger partial charge in [0.1, 0.15) is 0 Å². The first-order chi connectivity index (χ1) is 11.4. The molecule has 8 heteroatoms. The summed E-state index contributed by atoms with van der Waals surface area (Å²) in [5, 5.41) is 3.04. The molecule has 3 aromatic rings. The van der Waals surface area contributed by atoms with E-state index in [2.05, 4.69) is 26.2 Å². The normalized spacial score (nSPS) is 11.5. The molecule has 3 rings (SSSR count). The first kappa shape index (κ1) is 17.0. The van der Waals surface area contributed by atoms with Crippen molar-refractivity contribution in [2.75, 3.05) is 12.4 Å². The molecule has 0 saturated carbocycles. The second-order valence-electron chi connectivity index (χ2n) is 4.87. The molecule has 0 amide bonds. The predicted molar refractivity (Wildman–Crippen MR) is 96.1 cm³/mol. The van der Waals surface area contributed by atoms with Crippen LogP contribution in [-0.4, -0.2) is 20.4 Å². The van der Waals surface area contributed by atoms with E-state index in [1.807, 2.05) is 12.1 Å². The fourth-order valence-electron chi connectivity index (χ4n) is 2.09. The maximum absolute atomic E-state index is 12.8. The van der Waals surface area contributed by atoms with Gasteiger partial charge in [-0.25, -0.2) is 8.42 Å². The summed E-state index contributed by atoms with van der Waals surface area (Å²) in [5.74, 6) is 0.308. The quantitative estimate of drug-likeness (QED) is 0.657. The molecule has 1 aromatic heterocycles. The number of sulfone groups is 1.